The van der Waals surface area contributed by atoms with Crippen LogP contribution in [-0.4, -0.2) is 29.9 Å². The number of nitrogens with one attached hydrogen (secondary N) is 1. The minimum Gasteiger partial charge on any atom is -0.335 e. The van der Waals surface area contributed by atoms with E-state index in [4.69, 9.17) is 0 Å². The number of rotatable bonds is 6. The topological polar surface area (TPSA) is 32.3 Å². The maximum absolute atomic E-state index is 12.8. The van der Waals surface area contributed by atoms with Crippen LogP contribution in [0.2, 0.25) is 0 Å². The maximum atomic E-state index is 12.8. The van der Waals surface area contributed by atoms with Crippen LogP contribution in [0.25, 0.3) is 0 Å². The van der Waals surface area contributed by atoms with Crippen molar-refractivity contribution in [1.29, 1.82) is 0 Å². The van der Waals surface area contributed by atoms with Crippen molar-refractivity contribution in [1.82, 2.24) is 10.2 Å². The van der Waals surface area contributed by atoms with E-state index in [0.717, 1.165) is 32.0 Å². The molecule has 122 valence electrons. The van der Waals surface area contributed by atoms with Crippen molar-refractivity contribution in [3.8, 4) is 0 Å². The van der Waals surface area contributed by atoms with Crippen LogP contribution in [0.15, 0.2) is 30.3 Å². The van der Waals surface area contributed by atoms with Crippen molar-refractivity contribution >= 4 is 18.3 Å². The van der Waals surface area contributed by atoms with Crippen LogP contribution in [0.5, 0.6) is 0 Å². The van der Waals surface area contributed by atoms with E-state index in [1.165, 1.54) is 18.4 Å². The molecule has 2 aliphatic rings. The molecule has 22 heavy (non-hydrogen) atoms. The van der Waals surface area contributed by atoms with Gasteiger partial charge in [-0.25, -0.2) is 0 Å². The number of benzene rings is 1. The zero-order valence-corrected chi connectivity index (χ0v) is 14.1. The third-order valence-corrected chi connectivity index (χ3v) is 4.94. The molecule has 1 aromatic carbocycles. The lowest BCUT2D eigenvalue weighted by Gasteiger charge is -2.30. The summed E-state index contributed by atoms with van der Waals surface area (Å²) in [6, 6.07) is 10.8. The molecular weight excluding hydrogens is 296 g/mol. The molecule has 1 aromatic rings. The second kappa shape index (κ2) is 7.98. The molecule has 4 heteroatoms. The fourth-order valence-corrected chi connectivity index (χ4v) is 3.33. The molecule has 1 aliphatic carbocycles. The van der Waals surface area contributed by atoms with E-state index in [2.05, 4.69) is 41.4 Å². The summed E-state index contributed by atoms with van der Waals surface area (Å²) in [5, 5.41) is 3.36. The van der Waals surface area contributed by atoms with E-state index in [1.54, 1.807) is 0 Å². The molecule has 2 unspecified atom stereocenters. The zero-order chi connectivity index (χ0) is 14.7. The third kappa shape index (κ3) is 4.47. The highest BCUT2D eigenvalue weighted by molar-refractivity contribution is 5.85. The van der Waals surface area contributed by atoms with Crippen LogP contribution in [0, 0.1) is 11.8 Å². The summed E-state index contributed by atoms with van der Waals surface area (Å²) < 4.78 is 0. The fraction of sp³-hybridized carbons (Fsp3) is 0.611. The first kappa shape index (κ1) is 17.3. The highest BCUT2D eigenvalue weighted by atomic mass is 35.5. The van der Waals surface area contributed by atoms with Crippen molar-refractivity contribution < 1.29 is 4.79 Å². The summed E-state index contributed by atoms with van der Waals surface area (Å²) >= 11 is 0. The van der Waals surface area contributed by atoms with Gasteiger partial charge in [-0.05, 0) is 56.7 Å². The molecule has 0 bridgehead atoms. The lowest BCUT2D eigenvalue weighted by atomic mass is 10.0. The number of carbonyl (C=O) groups excluding carboxylic acids is 1. The molecule has 2 atom stereocenters. The Bertz CT molecular complexity index is 469. The largest absolute Gasteiger partial charge is 0.335 e. The van der Waals surface area contributed by atoms with Crippen molar-refractivity contribution in [3.05, 3.63) is 35.9 Å². The van der Waals surface area contributed by atoms with Gasteiger partial charge < -0.3 is 10.2 Å². The van der Waals surface area contributed by atoms with E-state index in [-0.39, 0.29) is 12.4 Å². The van der Waals surface area contributed by atoms with Crippen LogP contribution in [0.3, 0.4) is 0 Å². The molecule has 0 spiro atoms. The van der Waals surface area contributed by atoms with Gasteiger partial charge in [-0.3, -0.25) is 4.79 Å². The van der Waals surface area contributed by atoms with E-state index < -0.39 is 0 Å². The van der Waals surface area contributed by atoms with E-state index in [1.807, 2.05) is 6.07 Å². The lowest BCUT2D eigenvalue weighted by Crippen LogP contribution is -2.40. The quantitative estimate of drug-likeness (QED) is 0.872. The first-order valence-electron chi connectivity index (χ1n) is 8.28. The van der Waals surface area contributed by atoms with Gasteiger partial charge in [0, 0.05) is 19.0 Å². The zero-order valence-electron chi connectivity index (χ0n) is 13.3. The second-order valence-electron chi connectivity index (χ2n) is 6.65. The van der Waals surface area contributed by atoms with Gasteiger partial charge in [-0.1, -0.05) is 30.3 Å². The van der Waals surface area contributed by atoms with E-state index in [0.29, 0.717) is 24.3 Å². The number of nitrogens with zero attached hydrogens (tertiary/aromatic N) is 1. The summed E-state index contributed by atoms with van der Waals surface area (Å²) in [7, 11) is 0. The molecule has 3 nitrogen and oxygen atoms in total. The van der Waals surface area contributed by atoms with E-state index >= 15 is 0 Å². The van der Waals surface area contributed by atoms with Crippen molar-refractivity contribution in [2.75, 3.05) is 13.1 Å². The number of amides is 1. The smallest absolute Gasteiger partial charge is 0.223 e. The van der Waals surface area contributed by atoms with Gasteiger partial charge in [0.1, 0.15) is 0 Å². The van der Waals surface area contributed by atoms with Gasteiger partial charge in [-0.15, -0.1) is 12.4 Å². The molecule has 1 heterocycles. The minimum absolute atomic E-state index is 0. The molecule has 1 aliphatic heterocycles. The van der Waals surface area contributed by atoms with Crippen LogP contribution < -0.4 is 5.32 Å². The monoisotopic (exact) mass is 322 g/mol. The molecule has 0 radical (unpaired) electrons. The number of carbonyl (C=O) groups is 1. The Morgan fingerprint density at radius 2 is 2.00 bits per heavy atom. The molecule has 1 saturated heterocycles. The summed E-state index contributed by atoms with van der Waals surface area (Å²) in [5.74, 6) is 1.59. The van der Waals surface area contributed by atoms with Crippen molar-refractivity contribution in [3.63, 3.8) is 0 Å². The Morgan fingerprint density at radius 1 is 1.27 bits per heavy atom. The van der Waals surface area contributed by atoms with Crippen molar-refractivity contribution in [2.24, 2.45) is 11.8 Å². The minimum atomic E-state index is 0. The molecule has 1 N–H and O–H groups in total. The lowest BCUT2D eigenvalue weighted by molar-refractivity contribution is -0.135. The highest BCUT2D eigenvalue weighted by Crippen LogP contribution is 2.36. The average molecular weight is 323 g/mol. The highest BCUT2D eigenvalue weighted by Gasteiger charge is 2.35. The molecular formula is C18H27ClN2O. The van der Waals surface area contributed by atoms with Crippen LogP contribution in [0.4, 0.5) is 0 Å². The Hall–Kier alpha value is -1.06. The van der Waals surface area contributed by atoms with Crippen molar-refractivity contribution in [2.45, 2.75) is 45.2 Å². The van der Waals surface area contributed by atoms with Crippen LogP contribution >= 0.6 is 12.4 Å². The van der Waals surface area contributed by atoms with Gasteiger partial charge in [0.05, 0.1) is 0 Å². The predicted octanol–water partition coefficient (Wildman–Crippen LogP) is 3.24. The average Bonchev–Trinajstić information content (AvgIpc) is 3.23. The molecule has 0 aromatic heterocycles. The van der Waals surface area contributed by atoms with Gasteiger partial charge >= 0.3 is 0 Å². The summed E-state index contributed by atoms with van der Waals surface area (Å²) in [5.41, 5.74) is 1.24. The Kier molecular flexibility index (Phi) is 6.27. The Morgan fingerprint density at radius 3 is 2.59 bits per heavy atom. The number of hydrogen-bond acceptors (Lipinski definition) is 2. The first-order chi connectivity index (χ1) is 10.2. The standard InChI is InChI=1S/C18H26N2O.ClH/c1-14(17-7-8-17)20(13-15-5-3-2-4-6-15)18(21)11-16-9-10-19-12-16;/h2-6,14,16-17,19H,7-13H2,1H3;1H. The van der Waals surface area contributed by atoms with Gasteiger partial charge in [0.2, 0.25) is 5.91 Å². The van der Waals surface area contributed by atoms with Gasteiger partial charge in [-0.2, -0.15) is 0 Å². The predicted molar refractivity (Wildman–Crippen MR) is 92.0 cm³/mol. The van der Waals surface area contributed by atoms with Gasteiger partial charge in [0.25, 0.3) is 0 Å². The molecule has 3 rings (SSSR count). The molecule has 1 amide bonds. The number of halogens is 1. The molecule has 2 fully saturated rings. The first-order valence-corrected chi connectivity index (χ1v) is 8.28. The third-order valence-electron chi connectivity index (χ3n) is 4.94. The van der Waals surface area contributed by atoms with Gasteiger partial charge in [0.15, 0.2) is 0 Å². The fourth-order valence-electron chi connectivity index (χ4n) is 3.33. The summed E-state index contributed by atoms with van der Waals surface area (Å²) in [6.07, 6.45) is 4.41. The summed E-state index contributed by atoms with van der Waals surface area (Å²) in [4.78, 5) is 14.9. The Labute approximate surface area is 139 Å². The Balaban J connectivity index is 0.00000176. The molecule has 1 saturated carbocycles. The van der Waals surface area contributed by atoms with Crippen LogP contribution in [0.1, 0.15) is 38.2 Å². The van der Waals surface area contributed by atoms with Crippen LogP contribution in [-0.2, 0) is 11.3 Å². The second-order valence-corrected chi connectivity index (χ2v) is 6.65. The maximum Gasteiger partial charge on any atom is 0.223 e. The summed E-state index contributed by atoms with van der Waals surface area (Å²) in [6.45, 7) is 5.06. The number of hydrogen-bond donors (Lipinski definition) is 1. The SMILES string of the molecule is CC(C1CC1)N(Cc1ccccc1)C(=O)CC1CCNC1.Cl. The van der Waals surface area contributed by atoms with E-state index in [9.17, 15) is 4.79 Å². The normalized spacial score (nSPS) is 22.0.